The van der Waals surface area contributed by atoms with E-state index in [2.05, 4.69) is 5.32 Å². The van der Waals surface area contributed by atoms with Crippen LogP contribution in [-0.4, -0.2) is 46.9 Å². The monoisotopic (exact) mass is 457 g/mol. The standard InChI is InChI=1S/C24H31N3O6/c1-6-19(23(29)25-24(2,3)4)26(15-17-10-8-7-9-11-17)22(28)16-33-18-12-13-20(27(30)31)21(14-18)32-5/h7-14,19H,6,15-16H2,1-5H3,(H,25,29)/t19-/m1/s1. The van der Waals surface area contributed by atoms with Gasteiger partial charge in [-0.3, -0.25) is 19.7 Å². The first kappa shape index (κ1) is 25.6. The van der Waals surface area contributed by atoms with Crippen molar-refractivity contribution in [3.05, 3.63) is 64.2 Å². The second-order valence-electron chi connectivity index (χ2n) is 8.55. The lowest BCUT2D eigenvalue weighted by atomic mass is 10.1. The summed E-state index contributed by atoms with van der Waals surface area (Å²) in [4.78, 5) is 38.2. The van der Waals surface area contributed by atoms with E-state index in [9.17, 15) is 19.7 Å². The molecule has 178 valence electrons. The Bertz CT molecular complexity index is 972. The van der Waals surface area contributed by atoms with Crippen LogP contribution < -0.4 is 14.8 Å². The van der Waals surface area contributed by atoms with Crippen LogP contribution in [0.25, 0.3) is 0 Å². The van der Waals surface area contributed by atoms with Crippen molar-refractivity contribution in [2.75, 3.05) is 13.7 Å². The number of rotatable bonds is 10. The summed E-state index contributed by atoms with van der Waals surface area (Å²) in [5.41, 5.74) is 0.231. The summed E-state index contributed by atoms with van der Waals surface area (Å²) in [6.07, 6.45) is 0.422. The number of ether oxygens (including phenoxy) is 2. The molecule has 33 heavy (non-hydrogen) atoms. The maximum atomic E-state index is 13.2. The van der Waals surface area contributed by atoms with Crippen molar-refractivity contribution in [3.8, 4) is 11.5 Å². The van der Waals surface area contributed by atoms with E-state index >= 15 is 0 Å². The van der Waals surface area contributed by atoms with Crippen molar-refractivity contribution in [1.29, 1.82) is 0 Å². The van der Waals surface area contributed by atoms with Crippen molar-refractivity contribution < 1.29 is 24.0 Å². The highest BCUT2D eigenvalue weighted by atomic mass is 16.6. The fourth-order valence-corrected chi connectivity index (χ4v) is 3.28. The average molecular weight is 458 g/mol. The molecule has 0 aliphatic carbocycles. The van der Waals surface area contributed by atoms with E-state index in [1.807, 2.05) is 58.0 Å². The van der Waals surface area contributed by atoms with Gasteiger partial charge in [-0.15, -0.1) is 0 Å². The molecule has 2 aromatic rings. The van der Waals surface area contributed by atoms with E-state index in [1.165, 1.54) is 30.2 Å². The summed E-state index contributed by atoms with van der Waals surface area (Å²) in [6.45, 7) is 7.39. The smallest absolute Gasteiger partial charge is 0.311 e. The molecule has 0 bridgehead atoms. The molecule has 9 heteroatoms. The van der Waals surface area contributed by atoms with Gasteiger partial charge in [0.25, 0.3) is 5.91 Å². The van der Waals surface area contributed by atoms with Crippen LogP contribution in [0.3, 0.4) is 0 Å². The molecule has 0 radical (unpaired) electrons. The van der Waals surface area contributed by atoms with Crippen molar-refractivity contribution >= 4 is 17.5 Å². The minimum atomic E-state index is -0.688. The Morgan fingerprint density at radius 3 is 2.36 bits per heavy atom. The van der Waals surface area contributed by atoms with Crippen LogP contribution in [0.4, 0.5) is 5.69 Å². The van der Waals surface area contributed by atoms with E-state index < -0.39 is 16.5 Å². The summed E-state index contributed by atoms with van der Waals surface area (Å²) in [7, 11) is 1.32. The minimum Gasteiger partial charge on any atom is -0.490 e. The summed E-state index contributed by atoms with van der Waals surface area (Å²) >= 11 is 0. The summed E-state index contributed by atoms with van der Waals surface area (Å²) in [6, 6.07) is 12.7. The third-order valence-electron chi connectivity index (χ3n) is 4.79. The highest BCUT2D eigenvalue weighted by molar-refractivity contribution is 5.88. The van der Waals surface area contributed by atoms with Gasteiger partial charge in [0.2, 0.25) is 11.7 Å². The van der Waals surface area contributed by atoms with Gasteiger partial charge in [0.1, 0.15) is 11.8 Å². The number of hydrogen-bond acceptors (Lipinski definition) is 6. The first-order valence-electron chi connectivity index (χ1n) is 10.7. The molecule has 1 N–H and O–H groups in total. The Morgan fingerprint density at radius 1 is 1.15 bits per heavy atom. The van der Waals surface area contributed by atoms with Gasteiger partial charge >= 0.3 is 5.69 Å². The number of amides is 2. The number of methoxy groups -OCH3 is 1. The van der Waals surface area contributed by atoms with Crippen molar-refractivity contribution in [2.24, 2.45) is 0 Å². The Balaban J connectivity index is 2.24. The third kappa shape index (κ3) is 7.48. The molecule has 0 aliphatic rings. The van der Waals surface area contributed by atoms with Gasteiger partial charge < -0.3 is 19.7 Å². The topological polar surface area (TPSA) is 111 Å². The average Bonchev–Trinajstić information content (AvgIpc) is 2.76. The molecule has 0 saturated heterocycles. The molecule has 0 aliphatic heterocycles. The van der Waals surface area contributed by atoms with Crippen LogP contribution in [0.5, 0.6) is 11.5 Å². The Labute approximate surface area is 193 Å². The Morgan fingerprint density at radius 2 is 1.82 bits per heavy atom. The predicted octanol–water partition coefficient (Wildman–Crippen LogP) is 3.70. The largest absolute Gasteiger partial charge is 0.490 e. The second-order valence-corrected chi connectivity index (χ2v) is 8.55. The predicted molar refractivity (Wildman–Crippen MR) is 124 cm³/mol. The normalized spacial score (nSPS) is 11.9. The molecule has 0 fully saturated rings. The maximum Gasteiger partial charge on any atom is 0.311 e. The van der Waals surface area contributed by atoms with Gasteiger partial charge in [-0.05, 0) is 38.8 Å². The van der Waals surface area contributed by atoms with Gasteiger partial charge in [0.15, 0.2) is 6.61 Å². The van der Waals surface area contributed by atoms with Crippen LogP contribution in [0.15, 0.2) is 48.5 Å². The highest BCUT2D eigenvalue weighted by Gasteiger charge is 2.31. The molecule has 1 atom stereocenters. The summed E-state index contributed by atoms with van der Waals surface area (Å²) in [5.74, 6) is -0.349. The maximum absolute atomic E-state index is 13.2. The molecule has 0 unspecified atom stereocenters. The molecule has 0 spiro atoms. The van der Waals surface area contributed by atoms with Crippen LogP contribution >= 0.6 is 0 Å². The van der Waals surface area contributed by atoms with Crippen molar-refractivity contribution in [2.45, 2.75) is 52.2 Å². The fourth-order valence-electron chi connectivity index (χ4n) is 3.28. The molecule has 0 heterocycles. The van der Waals surface area contributed by atoms with Crippen LogP contribution in [-0.2, 0) is 16.1 Å². The number of hydrogen-bond donors (Lipinski definition) is 1. The van der Waals surface area contributed by atoms with Crippen LogP contribution in [0, 0.1) is 10.1 Å². The lowest BCUT2D eigenvalue weighted by Gasteiger charge is -2.33. The van der Waals surface area contributed by atoms with Crippen LogP contribution in [0.1, 0.15) is 39.7 Å². The Hall–Kier alpha value is -3.62. The first-order valence-corrected chi connectivity index (χ1v) is 10.7. The molecule has 2 aromatic carbocycles. The number of nitro benzene ring substituents is 1. The van der Waals surface area contributed by atoms with E-state index in [4.69, 9.17) is 9.47 Å². The third-order valence-corrected chi connectivity index (χ3v) is 4.79. The number of carbonyl (C=O) groups is 2. The molecule has 2 rings (SSSR count). The molecular weight excluding hydrogens is 426 g/mol. The van der Waals surface area contributed by atoms with E-state index in [-0.39, 0.29) is 42.2 Å². The van der Waals surface area contributed by atoms with E-state index in [0.717, 1.165) is 5.56 Å². The number of carbonyl (C=O) groups excluding carboxylic acids is 2. The number of nitrogens with one attached hydrogen (secondary N) is 1. The zero-order valence-corrected chi connectivity index (χ0v) is 19.7. The Kier molecular flexibility index (Phi) is 8.78. The molecule has 0 saturated carbocycles. The van der Waals surface area contributed by atoms with Gasteiger partial charge in [0, 0.05) is 24.2 Å². The lowest BCUT2D eigenvalue weighted by Crippen LogP contribution is -2.54. The van der Waals surface area contributed by atoms with Crippen molar-refractivity contribution in [1.82, 2.24) is 10.2 Å². The first-order chi connectivity index (χ1) is 15.6. The molecule has 0 aromatic heterocycles. The van der Waals surface area contributed by atoms with Gasteiger partial charge in [-0.2, -0.15) is 0 Å². The van der Waals surface area contributed by atoms with Gasteiger partial charge in [-0.1, -0.05) is 37.3 Å². The minimum absolute atomic E-state index is 0.0297. The number of nitro groups is 1. The zero-order valence-electron chi connectivity index (χ0n) is 19.7. The van der Waals surface area contributed by atoms with E-state index in [0.29, 0.717) is 6.42 Å². The number of nitrogens with zero attached hydrogens (tertiary/aromatic N) is 2. The molecular formula is C24H31N3O6. The van der Waals surface area contributed by atoms with E-state index in [1.54, 1.807) is 0 Å². The van der Waals surface area contributed by atoms with Crippen molar-refractivity contribution in [3.63, 3.8) is 0 Å². The zero-order chi connectivity index (χ0) is 24.6. The quantitative estimate of drug-likeness (QED) is 0.430. The van der Waals surface area contributed by atoms with Gasteiger partial charge in [-0.25, -0.2) is 0 Å². The number of benzene rings is 2. The van der Waals surface area contributed by atoms with Gasteiger partial charge in [0.05, 0.1) is 12.0 Å². The molecule has 2 amide bonds. The summed E-state index contributed by atoms with van der Waals surface area (Å²) < 4.78 is 10.7. The molecule has 9 nitrogen and oxygen atoms in total. The fraction of sp³-hybridized carbons (Fsp3) is 0.417. The highest BCUT2D eigenvalue weighted by Crippen LogP contribution is 2.30. The lowest BCUT2D eigenvalue weighted by molar-refractivity contribution is -0.385. The van der Waals surface area contributed by atoms with Crippen LogP contribution in [0.2, 0.25) is 0 Å². The summed E-state index contributed by atoms with van der Waals surface area (Å²) in [5, 5.41) is 14.0. The SMILES string of the molecule is CC[C@H](C(=O)NC(C)(C)C)N(Cc1ccccc1)C(=O)COc1ccc([N+](=O)[O-])c(OC)c1. The second kappa shape index (κ2) is 11.3.